The highest BCUT2D eigenvalue weighted by molar-refractivity contribution is 9.10. The molecule has 0 spiro atoms. The second-order valence-corrected chi connectivity index (χ2v) is 5.70. The van der Waals surface area contributed by atoms with Gasteiger partial charge in [-0.05, 0) is 46.3 Å². The van der Waals surface area contributed by atoms with Crippen LogP contribution < -0.4 is 5.73 Å². The van der Waals surface area contributed by atoms with E-state index in [1.54, 1.807) is 12.1 Å². The van der Waals surface area contributed by atoms with E-state index in [0.717, 1.165) is 6.07 Å². The van der Waals surface area contributed by atoms with Crippen LogP contribution in [-0.4, -0.2) is 5.11 Å². The fraction of sp³-hybridized carbons (Fsp3) is 0.0769. The molecule has 2 aromatic carbocycles. The maximum Gasteiger partial charge on any atom is 0.146 e. The fourth-order valence-electron chi connectivity index (χ4n) is 1.73. The van der Waals surface area contributed by atoms with Gasteiger partial charge in [-0.2, -0.15) is 0 Å². The molecule has 19 heavy (non-hydrogen) atoms. The third kappa shape index (κ3) is 2.80. The van der Waals surface area contributed by atoms with Gasteiger partial charge in [-0.15, -0.1) is 0 Å². The summed E-state index contributed by atoms with van der Waals surface area (Å²) in [5.41, 5.74) is 5.80. The second-order valence-electron chi connectivity index (χ2n) is 3.93. The summed E-state index contributed by atoms with van der Waals surface area (Å²) in [6.07, 6.45) is -1.48. The fourth-order valence-corrected chi connectivity index (χ4v) is 2.46. The van der Waals surface area contributed by atoms with Gasteiger partial charge in [-0.3, -0.25) is 0 Å². The Labute approximate surface area is 125 Å². The number of hydrogen-bond acceptors (Lipinski definition) is 2. The quantitative estimate of drug-likeness (QED) is 0.595. The normalized spacial score (nSPS) is 12.5. The zero-order valence-corrected chi connectivity index (χ0v) is 12.7. The maximum absolute atomic E-state index is 13.9. The van der Waals surface area contributed by atoms with Crippen molar-refractivity contribution in [3.8, 4) is 0 Å². The van der Waals surface area contributed by atoms with Crippen molar-refractivity contribution in [2.45, 2.75) is 6.10 Å². The Morgan fingerprint density at radius 3 is 2.47 bits per heavy atom. The van der Waals surface area contributed by atoms with Crippen LogP contribution in [0.1, 0.15) is 17.2 Å². The summed E-state index contributed by atoms with van der Waals surface area (Å²) in [5.74, 6) is -1.67. The van der Waals surface area contributed by atoms with Crippen LogP contribution in [0.15, 0.2) is 39.3 Å². The number of benzene rings is 2. The Balaban J connectivity index is 2.59. The number of halogens is 4. The highest BCUT2D eigenvalue weighted by atomic mass is 79.9. The predicted octanol–water partition coefficient (Wildman–Crippen LogP) is 4.15. The van der Waals surface area contributed by atoms with E-state index in [4.69, 9.17) is 5.73 Å². The maximum atomic E-state index is 13.9. The van der Waals surface area contributed by atoms with E-state index in [0.29, 0.717) is 4.47 Å². The van der Waals surface area contributed by atoms with Crippen molar-refractivity contribution in [3.05, 3.63) is 62.0 Å². The van der Waals surface area contributed by atoms with E-state index in [2.05, 4.69) is 31.9 Å². The molecule has 2 rings (SSSR count). The molecule has 0 amide bonds. The van der Waals surface area contributed by atoms with Gasteiger partial charge in [-0.1, -0.05) is 15.9 Å². The van der Waals surface area contributed by atoms with Crippen LogP contribution in [-0.2, 0) is 0 Å². The van der Waals surface area contributed by atoms with Crippen LogP contribution in [0.5, 0.6) is 0 Å². The predicted molar refractivity (Wildman–Crippen MR) is 76.7 cm³/mol. The molecule has 1 atom stereocenters. The van der Waals surface area contributed by atoms with Gasteiger partial charge < -0.3 is 10.8 Å². The van der Waals surface area contributed by atoms with E-state index in [1.807, 2.05) is 0 Å². The summed E-state index contributed by atoms with van der Waals surface area (Å²) in [4.78, 5) is 0. The van der Waals surface area contributed by atoms with Gasteiger partial charge in [0.1, 0.15) is 17.7 Å². The lowest BCUT2D eigenvalue weighted by atomic mass is 9.99. The second kappa shape index (κ2) is 5.56. The van der Waals surface area contributed by atoms with E-state index >= 15 is 0 Å². The molecule has 100 valence electrons. The Kier molecular flexibility index (Phi) is 4.23. The molecule has 1 unspecified atom stereocenters. The third-order valence-electron chi connectivity index (χ3n) is 2.70. The zero-order valence-electron chi connectivity index (χ0n) is 9.50. The molecule has 0 saturated heterocycles. The Morgan fingerprint density at radius 2 is 1.79 bits per heavy atom. The van der Waals surface area contributed by atoms with Crippen molar-refractivity contribution in [2.75, 3.05) is 5.73 Å². The summed E-state index contributed by atoms with van der Waals surface area (Å²) in [6.45, 7) is 0. The zero-order chi connectivity index (χ0) is 14.2. The highest BCUT2D eigenvalue weighted by Gasteiger charge is 2.23. The number of rotatable bonds is 2. The van der Waals surface area contributed by atoms with Crippen molar-refractivity contribution in [3.63, 3.8) is 0 Å². The standard InChI is InChI=1S/C13H9Br2F2NO/c14-6-1-4-10(18)7(5-6)13(19)11-9(16)3-2-8(15)12(11)17/h1-5,13,19H,18H2. The molecule has 0 aliphatic carbocycles. The lowest BCUT2D eigenvalue weighted by molar-refractivity contribution is 0.209. The Morgan fingerprint density at radius 1 is 1.11 bits per heavy atom. The van der Waals surface area contributed by atoms with Gasteiger partial charge in [0.2, 0.25) is 0 Å². The largest absolute Gasteiger partial charge is 0.398 e. The number of nitrogens with two attached hydrogens (primary N) is 1. The molecule has 0 aliphatic heterocycles. The molecule has 0 radical (unpaired) electrons. The minimum Gasteiger partial charge on any atom is -0.398 e. The SMILES string of the molecule is Nc1ccc(Br)cc1C(O)c1c(F)ccc(Br)c1F. The van der Waals surface area contributed by atoms with Crippen molar-refractivity contribution in [1.29, 1.82) is 0 Å². The highest BCUT2D eigenvalue weighted by Crippen LogP contribution is 2.34. The molecular formula is C13H9Br2F2NO. The van der Waals surface area contributed by atoms with Gasteiger partial charge >= 0.3 is 0 Å². The van der Waals surface area contributed by atoms with Crippen LogP contribution >= 0.6 is 31.9 Å². The minimum absolute atomic E-state index is 0.0801. The average molecular weight is 393 g/mol. The smallest absolute Gasteiger partial charge is 0.146 e. The third-order valence-corrected chi connectivity index (χ3v) is 3.80. The molecule has 3 N–H and O–H groups in total. The number of nitrogen functional groups attached to an aromatic ring is 1. The van der Waals surface area contributed by atoms with Crippen molar-refractivity contribution < 1.29 is 13.9 Å². The molecule has 0 aliphatic rings. The topological polar surface area (TPSA) is 46.2 Å². The molecule has 2 nitrogen and oxygen atoms in total. The molecule has 0 fully saturated rings. The first-order valence-corrected chi connectivity index (χ1v) is 6.86. The molecule has 0 bridgehead atoms. The van der Waals surface area contributed by atoms with Gasteiger partial charge in [-0.25, -0.2) is 8.78 Å². The lowest BCUT2D eigenvalue weighted by Crippen LogP contribution is -2.09. The van der Waals surface area contributed by atoms with Crippen molar-refractivity contribution >= 4 is 37.5 Å². The van der Waals surface area contributed by atoms with E-state index in [1.165, 1.54) is 12.1 Å². The van der Waals surface area contributed by atoms with Crippen molar-refractivity contribution in [1.82, 2.24) is 0 Å². The summed E-state index contributed by atoms with van der Waals surface area (Å²) in [6, 6.07) is 7.08. The molecule has 6 heteroatoms. The molecular weight excluding hydrogens is 384 g/mol. The van der Waals surface area contributed by atoms with E-state index < -0.39 is 23.3 Å². The van der Waals surface area contributed by atoms with Gasteiger partial charge in [0.15, 0.2) is 0 Å². The lowest BCUT2D eigenvalue weighted by Gasteiger charge is -2.16. The molecule has 0 aromatic heterocycles. The summed E-state index contributed by atoms with van der Waals surface area (Å²) < 4.78 is 28.4. The van der Waals surface area contributed by atoms with Crippen LogP contribution in [0, 0.1) is 11.6 Å². The van der Waals surface area contributed by atoms with Crippen LogP contribution in [0.4, 0.5) is 14.5 Å². The molecule has 0 saturated carbocycles. The van der Waals surface area contributed by atoms with E-state index in [9.17, 15) is 13.9 Å². The van der Waals surface area contributed by atoms with Crippen LogP contribution in [0.2, 0.25) is 0 Å². The van der Waals surface area contributed by atoms with Gasteiger partial charge in [0, 0.05) is 15.7 Å². The first-order valence-electron chi connectivity index (χ1n) is 5.28. The average Bonchev–Trinajstić information content (AvgIpc) is 2.37. The Hall–Kier alpha value is -0.980. The molecule has 0 heterocycles. The first kappa shape index (κ1) is 14.4. The van der Waals surface area contributed by atoms with Crippen molar-refractivity contribution in [2.24, 2.45) is 0 Å². The van der Waals surface area contributed by atoms with Crippen LogP contribution in [0.3, 0.4) is 0 Å². The summed E-state index contributed by atoms with van der Waals surface area (Å²) in [5, 5.41) is 10.2. The number of anilines is 1. The first-order chi connectivity index (χ1) is 8.91. The Bertz CT molecular complexity index is 634. The van der Waals surface area contributed by atoms with E-state index in [-0.39, 0.29) is 15.7 Å². The summed E-state index contributed by atoms with van der Waals surface area (Å²) in [7, 11) is 0. The number of aliphatic hydroxyl groups is 1. The minimum atomic E-state index is -1.48. The molecule has 2 aromatic rings. The number of hydrogen-bond donors (Lipinski definition) is 2. The van der Waals surface area contributed by atoms with Gasteiger partial charge in [0.05, 0.1) is 10.0 Å². The van der Waals surface area contributed by atoms with Crippen LogP contribution in [0.25, 0.3) is 0 Å². The number of aliphatic hydroxyl groups excluding tert-OH is 1. The summed E-state index contributed by atoms with van der Waals surface area (Å²) >= 11 is 6.19. The van der Waals surface area contributed by atoms with Gasteiger partial charge in [0.25, 0.3) is 0 Å². The monoisotopic (exact) mass is 391 g/mol.